The third kappa shape index (κ3) is 5.40. The number of piperidine rings is 1. The normalized spacial score (nSPS) is 17.6. The Morgan fingerprint density at radius 1 is 1.26 bits per heavy atom. The van der Waals surface area contributed by atoms with Gasteiger partial charge in [0, 0.05) is 48.2 Å². The standard InChI is InChI=1S/C26H26N6O3/c27-14-18-15-30-22-13-24(35-20-5-10-34-16-20)23(32-25(33)11-17-1-6-28-7-2-17)12-21(22)26(18)31-19-3-8-29-9-4-19/h3-4,8-9,11-13,15,20,28H,1-2,5-7,10,16H2,(H,32,33)(H,29,30,31). The molecule has 0 spiro atoms. The number of hydrogen-bond acceptors (Lipinski definition) is 8. The molecule has 4 heterocycles. The molecule has 1 aromatic carbocycles. The van der Waals surface area contributed by atoms with Crippen LogP contribution in [0.2, 0.25) is 0 Å². The fourth-order valence-electron chi connectivity index (χ4n) is 4.25. The summed E-state index contributed by atoms with van der Waals surface area (Å²) in [5.41, 5.74) is 4.06. The predicted molar refractivity (Wildman–Crippen MR) is 133 cm³/mol. The van der Waals surface area contributed by atoms with Crippen molar-refractivity contribution >= 4 is 33.9 Å². The molecule has 35 heavy (non-hydrogen) atoms. The van der Waals surface area contributed by atoms with Gasteiger partial charge in [-0.15, -0.1) is 0 Å². The van der Waals surface area contributed by atoms with E-state index in [4.69, 9.17) is 9.47 Å². The van der Waals surface area contributed by atoms with Gasteiger partial charge in [0.15, 0.2) is 0 Å². The number of fused-ring (bicyclic) bond motifs is 1. The number of carbonyl (C=O) groups excluding carboxylic acids is 1. The van der Waals surface area contributed by atoms with E-state index in [0.717, 1.165) is 43.6 Å². The molecule has 9 nitrogen and oxygen atoms in total. The Balaban J connectivity index is 1.55. The largest absolute Gasteiger partial charge is 0.486 e. The minimum absolute atomic E-state index is 0.0985. The van der Waals surface area contributed by atoms with Crippen LogP contribution in [0.5, 0.6) is 5.75 Å². The molecule has 0 bridgehead atoms. The van der Waals surface area contributed by atoms with E-state index < -0.39 is 0 Å². The molecular weight excluding hydrogens is 444 g/mol. The summed E-state index contributed by atoms with van der Waals surface area (Å²) in [6.07, 6.45) is 8.94. The summed E-state index contributed by atoms with van der Waals surface area (Å²) in [5, 5.41) is 20.0. The van der Waals surface area contributed by atoms with E-state index in [-0.39, 0.29) is 12.0 Å². The molecule has 1 amide bonds. The van der Waals surface area contributed by atoms with Gasteiger partial charge in [0.1, 0.15) is 17.9 Å². The number of ether oxygens (including phenoxy) is 2. The van der Waals surface area contributed by atoms with Gasteiger partial charge in [-0.1, -0.05) is 5.57 Å². The average Bonchev–Trinajstić information content (AvgIpc) is 3.39. The van der Waals surface area contributed by atoms with Crippen molar-refractivity contribution in [2.75, 3.05) is 36.9 Å². The smallest absolute Gasteiger partial charge is 0.248 e. The highest BCUT2D eigenvalue weighted by Crippen LogP contribution is 2.37. The highest BCUT2D eigenvalue weighted by Gasteiger charge is 2.21. The number of amides is 1. The molecule has 3 aromatic rings. The Kier molecular flexibility index (Phi) is 6.84. The molecule has 0 saturated carbocycles. The molecule has 5 rings (SSSR count). The Morgan fingerprint density at radius 2 is 2.09 bits per heavy atom. The quantitative estimate of drug-likeness (QED) is 0.467. The van der Waals surface area contributed by atoms with Crippen LogP contribution in [-0.2, 0) is 9.53 Å². The van der Waals surface area contributed by atoms with Gasteiger partial charge in [-0.3, -0.25) is 14.8 Å². The number of nitrogens with one attached hydrogen (secondary N) is 3. The third-order valence-electron chi connectivity index (χ3n) is 6.06. The number of rotatable bonds is 6. The zero-order valence-electron chi connectivity index (χ0n) is 19.2. The molecule has 0 radical (unpaired) electrons. The minimum Gasteiger partial charge on any atom is -0.486 e. The van der Waals surface area contributed by atoms with E-state index in [0.29, 0.717) is 46.8 Å². The van der Waals surface area contributed by atoms with E-state index in [1.54, 1.807) is 24.5 Å². The van der Waals surface area contributed by atoms with E-state index >= 15 is 0 Å². The van der Waals surface area contributed by atoms with Crippen molar-refractivity contribution in [3.05, 3.63) is 60.1 Å². The Hall–Kier alpha value is -4.00. The van der Waals surface area contributed by atoms with E-state index in [9.17, 15) is 10.1 Å². The second-order valence-electron chi connectivity index (χ2n) is 8.53. The molecule has 1 atom stereocenters. The van der Waals surface area contributed by atoms with Crippen molar-refractivity contribution in [3.8, 4) is 11.8 Å². The van der Waals surface area contributed by atoms with Gasteiger partial charge < -0.3 is 25.4 Å². The maximum absolute atomic E-state index is 12.9. The number of nitriles is 1. The van der Waals surface area contributed by atoms with Crippen LogP contribution >= 0.6 is 0 Å². The van der Waals surface area contributed by atoms with Crippen LogP contribution in [0.25, 0.3) is 10.9 Å². The molecule has 2 aliphatic heterocycles. The predicted octanol–water partition coefficient (Wildman–Crippen LogP) is 3.66. The zero-order valence-corrected chi connectivity index (χ0v) is 19.2. The molecular formula is C26H26N6O3. The molecule has 0 aliphatic carbocycles. The summed E-state index contributed by atoms with van der Waals surface area (Å²) in [7, 11) is 0. The fraction of sp³-hybridized carbons (Fsp3) is 0.308. The summed E-state index contributed by atoms with van der Waals surface area (Å²) in [4.78, 5) is 21.5. The second kappa shape index (κ2) is 10.5. The Morgan fingerprint density at radius 3 is 2.83 bits per heavy atom. The first-order valence-corrected chi connectivity index (χ1v) is 11.7. The van der Waals surface area contributed by atoms with Crippen LogP contribution in [0.3, 0.4) is 0 Å². The molecule has 178 valence electrons. The SMILES string of the molecule is N#Cc1cnc2cc(OC3CCOC3)c(NC(=O)C=C3CCNCC3)cc2c1Nc1ccncc1. The summed E-state index contributed by atoms with van der Waals surface area (Å²) in [6.45, 7) is 2.89. The summed E-state index contributed by atoms with van der Waals surface area (Å²) >= 11 is 0. The molecule has 2 fully saturated rings. The Bertz CT molecular complexity index is 1290. The van der Waals surface area contributed by atoms with Gasteiger partial charge in [0.2, 0.25) is 5.91 Å². The van der Waals surface area contributed by atoms with Crippen molar-refractivity contribution in [1.82, 2.24) is 15.3 Å². The summed E-state index contributed by atoms with van der Waals surface area (Å²) in [6, 6.07) is 9.46. The van der Waals surface area contributed by atoms with Crippen LogP contribution in [0.1, 0.15) is 24.8 Å². The number of hydrogen-bond donors (Lipinski definition) is 3. The first-order valence-electron chi connectivity index (χ1n) is 11.7. The zero-order chi connectivity index (χ0) is 24.0. The van der Waals surface area contributed by atoms with Gasteiger partial charge in [-0.25, -0.2) is 0 Å². The molecule has 2 aromatic heterocycles. The van der Waals surface area contributed by atoms with E-state index in [1.165, 1.54) is 6.20 Å². The van der Waals surface area contributed by atoms with Crippen molar-refractivity contribution in [2.45, 2.75) is 25.4 Å². The second-order valence-corrected chi connectivity index (χ2v) is 8.53. The maximum Gasteiger partial charge on any atom is 0.248 e. The van der Waals surface area contributed by atoms with E-state index in [2.05, 4.69) is 32.0 Å². The lowest BCUT2D eigenvalue weighted by Gasteiger charge is -2.19. The van der Waals surface area contributed by atoms with Gasteiger partial charge >= 0.3 is 0 Å². The highest BCUT2D eigenvalue weighted by atomic mass is 16.5. The third-order valence-corrected chi connectivity index (χ3v) is 6.06. The lowest BCUT2D eigenvalue weighted by atomic mass is 10.0. The summed E-state index contributed by atoms with van der Waals surface area (Å²) < 4.78 is 11.7. The topological polar surface area (TPSA) is 121 Å². The number of aromatic nitrogens is 2. The van der Waals surface area contributed by atoms with Crippen LogP contribution in [0, 0.1) is 11.3 Å². The average molecular weight is 471 g/mol. The first kappa shape index (κ1) is 22.8. The number of nitrogens with zero attached hydrogens (tertiary/aromatic N) is 3. The summed E-state index contributed by atoms with van der Waals surface area (Å²) in [5.74, 6) is 0.318. The molecule has 1 unspecified atom stereocenters. The lowest BCUT2D eigenvalue weighted by Crippen LogP contribution is -2.24. The number of anilines is 3. The van der Waals surface area contributed by atoms with Crippen molar-refractivity contribution in [2.24, 2.45) is 0 Å². The molecule has 9 heteroatoms. The maximum atomic E-state index is 12.9. The first-order chi connectivity index (χ1) is 17.2. The van der Waals surface area contributed by atoms with E-state index in [1.807, 2.05) is 18.2 Å². The lowest BCUT2D eigenvalue weighted by molar-refractivity contribution is -0.112. The van der Waals surface area contributed by atoms with Gasteiger partial charge in [0.25, 0.3) is 0 Å². The molecule has 2 saturated heterocycles. The number of carbonyl (C=O) groups is 1. The Labute approximate surface area is 203 Å². The monoisotopic (exact) mass is 470 g/mol. The molecule has 2 aliphatic rings. The fourth-order valence-corrected chi connectivity index (χ4v) is 4.25. The van der Waals surface area contributed by atoms with Crippen LogP contribution < -0.4 is 20.7 Å². The van der Waals surface area contributed by atoms with Crippen molar-refractivity contribution in [3.63, 3.8) is 0 Å². The van der Waals surface area contributed by atoms with Crippen molar-refractivity contribution in [1.29, 1.82) is 5.26 Å². The van der Waals surface area contributed by atoms with Gasteiger partial charge in [0.05, 0.1) is 35.7 Å². The molecule has 3 N–H and O–H groups in total. The minimum atomic E-state index is -0.207. The van der Waals surface area contributed by atoms with Gasteiger partial charge in [-0.05, 0) is 44.1 Å². The highest BCUT2D eigenvalue weighted by molar-refractivity contribution is 6.05. The van der Waals surface area contributed by atoms with Crippen LogP contribution in [0.15, 0.2) is 54.5 Å². The van der Waals surface area contributed by atoms with Crippen molar-refractivity contribution < 1.29 is 14.3 Å². The van der Waals surface area contributed by atoms with Crippen LogP contribution in [-0.4, -0.2) is 48.3 Å². The number of benzene rings is 1. The number of pyridine rings is 2. The van der Waals surface area contributed by atoms with Gasteiger partial charge in [-0.2, -0.15) is 5.26 Å². The van der Waals surface area contributed by atoms with Crippen LogP contribution in [0.4, 0.5) is 17.1 Å².